The molecule has 0 atom stereocenters. The molecule has 0 fully saturated rings. The maximum Gasteiger partial charge on any atom is 0.243 e. The van der Waals surface area contributed by atoms with Crippen molar-refractivity contribution in [2.75, 3.05) is 26.6 Å². The molecule has 106 valence electrons. The predicted octanol–water partition coefficient (Wildman–Crippen LogP) is 1.39. The zero-order valence-electron chi connectivity index (χ0n) is 11.9. The van der Waals surface area contributed by atoms with Crippen LogP contribution in [0, 0.1) is 0 Å². The van der Waals surface area contributed by atoms with Crippen molar-refractivity contribution in [1.29, 1.82) is 0 Å². The molecule has 3 N–H and O–H groups in total. The molecule has 1 amide bonds. The Morgan fingerprint density at radius 3 is 1.89 bits per heavy atom. The highest BCUT2D eigenvalue weighted by Crippen LogP contribution is 2.39. The lowest BCUT2D eigenvalue weighted by molar-refractivity contribution is -0.120. The number of nitrogens with one attached hydrogen (secondary N) is 1. The first-order valence-electron chi connectivity index (χ1n) is 5.73. The number of nitrogens with two attached hydrogens (primary N) is 1. The molecule has 0 aliphatic rings. The van der Waals surface area contributed by atoms with Gasteiger partial charge in [-0.2, -0.15) is 0 Å². The molecule has 0 aliphatic heterocycles. The highest BCUT2D eigenvalue weighted by Gasteiger charge is 2.23. The van der Waals surface area contributed by atoms with Crippen LogP contribution in [0.1, 0.15) is 13.8 Å². The molecule has 0 aliphatic carbocycles. The van der Waals surface area contributed by atoms with Crippen molar-refractivity contribution in [3.8, 4) is 17.2 Å². The lowest BCUT2D eigenvalue weighted by atomic mass is 10.1. The van der Waals surface area contributed by atoms with Crippen molar-refractivity contribution < 1.29 is 19.0 Å². The van der Waals surface area contributed by atoms with Crippen LogP contribution in [0.4, 0.5) is 5.69 Å². The van der Waals surface area contributed by atoms with Crippen LogP contribution in [0.3, 0.4) is 0 Å². The van der Waals surface area contributed by atoms with Crippen LogP contribution in [-0.2, 0) is 4.79 Å². The fourth-order valence-electron chi connectivity index (χ4n) is 1.45. The average molecular weight is 268 g/mol. The van der Waals surface area contributed by atoms with Crippen LogP contribution in [0.2, 0.25) is 0 Å². The minimum atomic E-state index is -0.972. The summed E-state index contributed by atoms with van der Waals surface area (Å²) in [7, 11) is 4.53. The minimum absolute atomic E-state index is 0.304. The number of anilines is 1. The van der Waals surface area contributed by atoms with E-state index >= 15 is 0 Å². The van der Waals surface area contributed by atoms with E-state index in [2.05, 4.69) is 5.32 Å². The van der Waals surface area contributed by atoms with Gasteiger partial charge in [0.25, 0.3) is 0 Å². The molecule has 0 aromatic heterocycles. The number of methoxy groups -OCH3 is 3. The molecule has 0 saturated carbocycles. The van der Waals surface area contributed by atoms with Gasteiger partial charge in [-0.3, -0.25) is 4.79 Å². The number of carbonyl (C=O) groups excluding carboxylic acids is 1. The number of hydrogen-bond acceptors (Lipinski definition) is 5. The third-order valence-electron chi connectivity index (χ3n) is 2.51. The third-order valence-corrected chi connectivity index (χ3v) is 2.51. The van der Waals surface area contributed by atoms with E-state index in [0.29, 0.717) is 22.9 Å². The Morgan fingerprint density at radius 1 is 1.11 bits per heavy atom. The fraction of sp³-hybridized carbons (Fsp3) is 0.462. The minimum Gasteiger partial charge on any atom is -0.493 e. The van der Waals surface area contributed by atoms with Crippen LogP contribution in [-0.4, -0.2) is 32.8 Å². The van der Waals surface area contributed by atoms with Gasteiger partial charge in [0.1, 0.15) is 0 Å². The molecule has 0 unspecified atom stereocenters. The Balaban J connectivity index is 3.13. The summed E-state index contributed by atoms with van der Waals surface area (Å²) >= 11 is 0. The molecule has 19 heavy (non-hydrogen) atoms. The number of rotatable bonds is 5. The van der Waals surface area contributed by atoms with Crippen LogP contribution in [0.5, 0.6) is 17.2 Å². The van der Waals surface area contributed by atoms with Gasteiger partial charge in [-0.15, -0.1) is 0 Å². The first-order valence-corrected chi connectivity index (χ1v) is 5.73. The molecule has 1 aromatic carbocycles. The van der Waals surface area contributed by atoms with Gasteiger partial charge < -0.3 is 25.3 Å². The first-order chi connectivity index (χ1) is 8.83. The van der Waals surface area contributed by atoms with Crippen LogP contribution in [0.15, 0.2) is 12.1 Å². The molecule has 1 rings (SSSR count). The fourth-order valence-corrected chi connectivity index (χ4v) is 1.45. The quantitative estimate of drug-likeness (QED) is 0.843. The molecular formula is C13H20N2O4. The highest BCUT2D eigenvalue weighted by atomic mass is 16.5. The van der Waals surface area contributed by atoms with Crippen molar-refractivity contribution >= 4 is 11.6 Å². The topological polar surface area (TPSA) is 82.8 Å². The monoisotopic (exact) mass is 268 g/mol. The maximum atomic E-state index is 11.8. The standard InChI is InChI=1S/C13H20N2O4/c1-13(2,14)12(16)15-8-6-9(17-3)11(19-5)10(7-8)18-4/h6-7H,14H2,1-5H3,(H,15,16). The Kier molecular flexibility index (Phi) is 4.61. The number of ether oxygens (including phenoxy) is 3. The Morgan fingerprint density at radius 2 is 1.58 bits per heavy atom. The van der Waals surface area contributed by atoms with E-state index in [4.69, 9.17) is 19.9 Å². The summed E-state index contributed by atoms with van der Waals surface area (Å²) in [6, 6.07) is 3.29. The molecule has 1 aromatic rings. The van der Waals surface area contributed by atoms with Gasteiger partial charge in [0.05, 0.1) is 26.9 Å². The normalized spacial score (nSPS) is 10.8. The summed E-state index contributed by atoms with van der Waals surface area (Å²) in [6.07, 6.45) is 0. The Labute approximate surface area is 112 Å². The summed E-state index contributed by atoms with van der Waals surface area (Å²) in [4.78, 5) is 11.8. The van der Waals surface area contributed by atoms with Crippen LogP contribution in [0.25, 0.3) is 0 Å². The third kappa shape index (κ3) is 3.51. The second-order valence-electron chi connectivity index (χ2n) is 4.59. The molecule has 0 saturated heterocycles. The lowest BCUT2D eigenvalue weighted by Gasteiger charge is -2.19. The Hall–Kier alpha value is -1.95. The van der Waals surface area contributed by atoms with Crippen LogP contribution >= 0.6 is 0 Å². The van der Waals surface area contributed by atoms with E-state index in [-0.39, 0.29) is 5.91 Å². The summed E-state index contributed by atoms with van der Waals surface area (Å²) < 4.78 is 15.6. The van der Waals surface area contributed by atoms with Gasteiger partial charge in [0.15, 0.2) is 11.5 Å². The number of carbonyl (C=O) groups is 1. The molecule has 6 nitrogen and oxygen atoms in total. The van der Waals surface area contributed by atoms with E-state index in [0.717, 1.165) is 0 Å². The molecular weight excluding hydrogens is 248 g/mol. The van der Waals surface area contributed by atoms with Gasteiger partial charge in [0.2, 0.25) is 11.7 Å². The molecule has 0 spiro atoms. The zero-order chi connectivity index (χ0) is 14.6. The van der Waals surface area contributed by atoms with E-state index in [1.807, 2.05) is 0 Å². The summed E-state index contributed by atoms with van der Waals surface area (Å²) in [6.45, 7) is 3.25. The van der Waals surface area contributed by atoms with E-state index < -0.39 is 5.54 Å². The van der Waals surface area contributed by atoms with E-state index in [1.165, 1.54) is 21.3 Å². The average Bonchev–Trinajstić information content (AvgIpc) is 2.36. The largest absolute Gasteiger partial charge is 0.493 e. The molecule has 0 radical (unpaired) electrons. The first kappa shape index (κ1) is 15.1. The van der Waals surface area contributed by atoms with Crippen molar-refractivity contribution in [2.45, 2.75) is 19.4 Å². The molecule has 0 bridgehead atoms. The van der Waals surface area contributed by atoms with Gasteiger partial charge >= 0.3 is 0 Å². The number of amides is 1. The Bertz CT molecular complexity index is 441. The smallest absolute Gasteiger partial charge is 0.243 e. The molecule has 0 heterocycles. The van der Waals surface area contributed by atoms with Crippen molar-refractivity contribution in [2.24, 2.45) is 5.73 Å². The second-order valence-corrected chi connectivity index (χ2v) is 4.59. The van der Waals surface area contributed by atoms with Gasteiger partial charge in [-0.25, -0.2) is 0 Å². The van der Waals surface area contributed by atoms with Gasteiger partial charge in [0, 0.05) is 17.8 Å². The van der Waals surface area contributed by atoms with Gasteiger partial charge in [-0.1, -0.05) is 0 Å². The lowest BCUT2D eigenvalue weighted by Crippen LogP contribution is -2.45. The number of benzene rings is 1. The van der Waals surface area contributed by atoms with Crippen molar-refractivity contribution in [3.63, 3.8) is 0 Å². The SMILES string of the molecule is COc1cc(NC(=O)C(C)(C)N)cc(OC)c1OC. The summed E-state index contributed by atoms with van der Waals surface area (Å²) in [5.41, 5.74) is 5.28. The van der Waals surface area contributed by atoms with Gasteiger partial charge in [-0.05, 0) is 13.8 Å². The zero-order valence-corrected chi connectivity index (χ0v) is 11.9. The van der Waals surface area contributed by atoms with E-state index in [9.17, 15) is 4.79 Å². The van der Waals surface area contributed by atoms with E-state index in [1.54, 1.807) is 26.0 Å². The summed E-state index contributed by atoms with van der Waals surface area (Å²) in [5, 5.41) is 2.70. The van der Waals surface area contributed by atoms with Crippen molar-refractivity contribution in [1.82, 2.24) is 0 Å². The van der Waals surface area contributed by atoms with Crippen molar-refractivity contribution in [3.05, 3.63) is 12.1 Å². The predicted molar refractivity (Wildman–Crippen MR) is 73.0 cm³/mol. The summed E-state index contributed by atoms with van der Waals surface area (Å²) in [5.74, 6) is 1.09. The van der Waals surface area contributed by atoms with Crippen LogP contribution < -0.4 is 25.3 Å². The molecule has 6 heteroatoms. The maximum absolute atomic E-state index is 11.8. The highest BCUT2D eigenvalue weighted by molar-refractivity contribution is 5.97. The second kappa shape index (κ2) is 5.79. The number of hydrogen-bond donors (Lipinski definition) is 2.